The summed E-state index contributed by atoms with van der Waals surface area (Å²) in [6, 6.07) is 19.0. The van der Waals surface area contributed by atoms with Crippen molar-refractivity contribution < 1.29 is 5.11 Å². The molecule has 0 bridgehead atoms. The van der Waals surface area contributed by atoms with Gasteiger partial charge in [-0.2, -0.15) is 0 Å². The number of aromatic hydroxyl groups is 1. The number of nitrogens with zero attached hydrogens (tertiary/aromatic N) is 3. The van der Waals surface area contributed by atoms with E-state index in [1.54, 1.807) is 0 Å². The number of pyridine rings is 1. The largest absolute Gasteiger partial charge is 0.508 e. The Kier molecular flexibility index (Phi) is 5.69. The molecule has 6 rings (SSSR count). The van der Waals surface area contributed by atoms with E-state index in [1.807, 2.05) is 12.1 Å². The molecule has 1 atom stereocenters. The maximum atomic E-state index is 10.2. The Morgan fingerprint density at radius 2 is 1.91 bits per heavy atom. The van der Waals surface area contributed by atoms with Crippen LogP contribution >= 0.6 is 0 Å². The van der Waals surface area contributed by atoms with Gasteiger partial charge in [-0.25, -0.2) is 4.98 Å². The molecule has 0 saturated carbocycles. The molecule has 0 spiro atoms. The zero-order valence-electron chi connectivity index (χ0n) is 20.7. The lowest BCUT2D eigenvalue weighted by atomic mass is 9.87. The maximum Gasteiger partial charge on any atom is 0.137 e. The Labute approximate surface area is 207 Å². The minimum Gasteiger partial charge on any atom is -0.508 e. The van der Waals surface area contributed by atoms with Gasteiger partial charge in [0.1, 0.15) is 11.4 Å². The third-order valence-electron chi connectivity index (χ3n) is 7.70. The second-order valence-corrected chi connectivity index (χ2v) is 10.4. The van der Waals surface area contributed by atoms with Crippen molar-refractivity contribution in [3.8, 4) is 5.75 Å². The fourth-order valence-corrected chi connectivity index (χ4v) is 5.95. The first-order valence-corrected chi connectivity index (χ1v) is 12.9. The van der Waals surface area contributed by atoms with Crippen LogP contribution in [0.3, 0.4) is 0 Å². The highest BCUT2D eigenvalue weighted by Crippen LogP contribution is 2.41. The number of allylic oxidation sites excluding steroid dienone is 1. The second-order valence-electron chi connectivity index (χ2n) is 10.4. The number of phenolic OH excluding ortho intramolecular Hbond substituents is 1. The molecule has 35 heavy (non-hydrogen) atoms. The number of fused-ring (bicyclic) bond motifs is 2. The fourth-order valence-electron chi connectivity index (χ4n) is 5.95. The molecule has 4 aromatic rings. The van der Waals surface area contributed by atoms with Crippen molar-refractivity contribution in [2.75, 3.05) is 13.1 Å². The zero-order chi connectivity index (χ0) is 23.9. The summed E-state index contributed by atoms with van der Waals surface area (Å²) >= 11 is 0. The Balaban J connectivity index is 1.49. The minimum absolute atomic E-state index is 0.340. The minimum atomic E-state index is 0.340. The molecule has 3 heterocycles. The van der Waals surface area contributed by atoms with Crippen LogP contribution in [-0.2, 0) is 13.0 Å². The molecule has 0 amide bonds. The Hall–Kier alpha value is -3.37. The molecule has 1 fully saturated rings. The van der Waals surface area contributed by atoms with Gasteiger partial charge in [0.25, 0.3) is 0 Å². The van der Waals surface area contributed by atoms with E-state index in [2.05, 4.69) is 78.0 Å². The van der Waals surface area contributed by atoms with Crippen LogP contribution in [0.15, 0.2) is 67.0 Å². The van der Waals surface area contributed by atoms with E-state index in [0.717, 1.165) is 56.2 Å². The van der Waals surface area contributed by atoms with Crippen LogP contribution in [0, 0.1) is 12.8 Å². The van der Waals surface area contributed by atoms with E-state index in [0.29, 0.717) is 5.75 Å². The molecule has 1 aliphatic heterocycles. The lowest BCUT2D eigenvalue weighted by molar-refractivity contribution is 0.317. The van der Waals surface area contributed by atoms with Crippen molar-refractivity contribution >= 4 is 16.8 Å². The first-order chi connectivity index (χ1) is 17.0. The molecule has 4 heteroatoms. The average molecular weight is 464 g/mol. The summed E-state index contributed by atoms with van der Waals surface area (Å²) in [5, 5.41) is 10.2. The zero-order valence-corrected chi connectivity index (χ0v) is 20.7. The standard InChI is InChI=1S/C31H33N3O/c1-21-12-14-33(18-21)19-25-20-34-15-13-24(17-30(34)32-25)31-28-11-10-26(35)16-23(28)7-5-9-29(31)27-8-4-3-6-22(27)2/h3-4,6,8,10-11,13,15-17,20-21,35H,5,7,9,12,14,18-19H2,1-2H3/t21-/m0/s1. The molecule has 1 N–H and O–H groups in total. The highest BCUT2D eigenvalue weighted by Gasteiger charge is 2.23. The van der Waals surface area contributed by atoms with Crippen LogP contribution in [-0.4, -0.2) is 32.5 Å². The van der Waals surface area contributed by atoms with Gasteiger partial charge in [-0.05, 0) is 108 Å². The maximum absolute atomic E-state index is 10.2. The number of hydrogen-bond acceptors (Lipinski definition) is 3. The second kappa shape index (κ2) is 9.01. The van der Waals surface area contributed by atoms with Crippen LogP contribution in [0.25, 0.3) is 16.8 Å². The van der Waals surface area contributed by atoms with Gasteiger partial charge in [0, 0.05) is 25.5 Å². The van der Waals surface area contributed by atoms with Gasteiger partial charge in [-0.1, -0.05) is 37.3 Å². The van der Waals surface area contributed by atoms with E-state index in [-0.39, 0.29) is 0 Å². The van der Waals surface area contributed by atoms with Crippen molar-refractivity contribution in [1.29, 1.82) is 0 Å². The summed E-state index contributed by atoms with van der Waals surface area (Å²) in [5.41, 5.74) is 11.0. The van der Waals surface area contributed by atoms with Crippen molar-refractivity contribution in [3.05, 3.63) is 101 Å². The van der Waals surface area contributed by atoms with Crippen LogP contribution in [0.5, 0.6) is 5.75 Å². The number of hydrogen-bond donors (Lipinski definition) is 1. The fraction of sp³-hybridized carbons (Fsp3) is 0.323. The van der Waals surface area contributed by atoms with Crippen molar-refractivity contribution in [2.45, 2.75) is 46.1 Å². The summed E-state index contributed by atoms with van der Waals surface area (Å²) in [4.78, 5) is 7.54. The number of imidazole rings is 1. The van der Waals surface area contributed by atoms with E-state index in [9.17, 15) is 5.11 Å². The molecule has 1 saturated heterocycles. The number of benzene rings is 2. The Morgan fingerprint density at radius 1 is 1.03 bits per heavy atom. The lowest BCUT2D eigenvalue weighted by Gasteiger charge is -2.18. The number of likely N-dealkylation sites (tertiary alicyclic amines) is 1. The van der Waals surface area contributed by atoms with E-state index in [1.165, 1.54) is 45.4 Å². The highest BCUT2D eigenvalue weighted by atomic mass is 16.3. The highest BCUT2D eigenvalue weighted by molar-refractivity contribution is 6.00. The van der Waals surface area contributed by atoms with Crippen molar-refractivity contribution in [1.82, 2.24) is 14.3 Å². The van der Waals surface area contributed by atoms with E-state index >= 15 is 0 Å². The Bertz CT molecular complexity index is 1430. The van der Waals surface area contributed by atoms with Crippen LogP contribution < -0.4 is 0 Å². The van der Waals surface area contributed by atoms with Gasteiger partial charge in [0.05, 0.1) is 5.69 Å². The lowest BCUT2D eigenvalue weighted by Crippen LogP contribution is -2.19. The molecule has 178 valence electrons. The van der Waals surface area contributed by atoms with Gasteiger partial charge in [-0.15, -0.1) is 0 Å². The quantitative estimate of drug-likeness (QED) is 0.376. The predicted octanol–water partition coefficient (Wildman–Crippen LogP) is 6.49. The first kappa shape index (κ1) is 22.1. The van der Waals surface area contributed by atoms with Crippen molar-refractivity contribution in [2.24, 2.45) is 5.92 Å². The van der Waals surface area contributed by atoms with E-state index < -0.39 is 0 Å². The van der Waals surface area contributed by atoms with Crippen LogP contribution in [0.1, 0.15) is 59.7 Å². The summed E-state index contributed by atoms with van der Waals surface area (Å²) in [6.45, 7) is 7.78. The van der Waals surface area contributed by atoms with Gasteiger partial charge in [0.2, 0.25) is 0 Å². The number of aryl methyl sites for hydroxylation is 2. The predicted molar refractivity (Wildman–Crippen MR) is 142 cm³/mol. The number of rotatable bonds is 4. The third kappa shape index (κ3) is 4.28. The molecule has 1 aliphatic carbocycles. The SMILES string of the molecule is Cc1ccccc1C1=C(c2ccn3cc(CN4CC[C@H](C)C4)nc3c2)c2ccc(O)cc2CCC1. The van der Waals surface area contributed by atoms with Crippen LogP contribution in [0.2, 0.25) is 0 Å². The van der Waals surface area contributed by atoms with E-state index in [4.69, 9.17) is 4.98 Å². The molecule has 0 radical (unpaired) electrons. The molecule has 0 unspecified atom stereocenters. The molecule has 2 aromatic carbocycles. The molecule has 2 aromatic heterocycles. The topological polar surface area (TPSA) is 40.8 Å². The van der Waals surface area contributed by atoms with Gasteiger partial charge in [-0.3, -0.25) is 4.90 Å². The monoisotopic (exact) mass is 463 g/mol. The normalized spacial score (nSPS) is 18.7. The third-order valence-corrected chi connectivity index (χ3v) is 7.70. The summed E-state index contributed by atoms with van der Waals surface area (Å²) in [5.74, 6) is 1.12. The van der Waals surface area contributed by atoms with Gasteiger partial charge < -0.3 is 9.51 Å². The molecule has 2 aliphatic rings. The summed E-state index contributed by atoms with van der Waals surface area (Å²) in [7, 11) is 0. The summed E-state index contributed by atoms with van der Waals surface area (Å²) < 4.78 is 2.15. The average Bonchev–Trinajstić information content (AvgIpc) is 3.39. The van der Waals surface area contributed by atoms with Crippen molar-refractivity contribution in [3.63, 3.8) is 0 Å². The molecular weight excluding hydrogens is 430 g/mol. The molecule has 4 nitrogen and oxygen atoms in total. The van der Waals surface area contributed by atoms with Gasteiger partial charge in [0.15, 0.2) is 0 Å². The Morgan fingerprint density at radius 3 is 2.74 bits per heavy atom. The summed E-state index contributed by atoms with van der Waals surface area (Å²) in [6.07, 6.45) is 8.65. The number of phenols is 1. The molecular formula is C31H33N3O. The van der Waals surface area contributed by atoms with Gasteiger partial charge >= 0.3 is 0 Å². The van der Waals surface area contributed by atoms with Crippen LogP contribution in [0.4, 0.5) is 0 Å². The first-order valence-electron chi connectivity index (χ1n) is 12.9. The number of aromatic nitrogens is 2. The smallest absolute Gasteiger partial charge is 0.137 e.